The first-order valence-corrected chi connectivity index (χ1v) is 5.99. The molecule has 2 bridgehead atoms. The SMILES string of the molecule is CC1(C)CC(=O)[C@H]2[C@@H](S1)[C@H]1C=C[C@@H]2O1. The van der Waals surface area contributed by atoms with E-state index in [4.69, 9.17) is 4.74 Å². The third-order valence-electron chi connectivity index (χ3n) is 3.26. The molecular formula is C11H14O2S. The van der Waals surface area contributed by atoms with E-state index in [9.17, 15) is 4.79 Å². The summed E-state index contributed by atoms with van der Waals surface area (Å²) in [7, 11) is 0. The van der Waals surface area contributed by atoms with Crippen LogP contribution in [0, 0.1) is 5.92 Å². The molecule has 76 valence electrons. The second-order valence-electron chi connectivity index (χ2n) is 4.96. The molecule has 0 aliphatic carbocycles. The maximum atomic E-state index is 12.0. The minimum absolute atomic E-state index is 0.0844. The summed E-state index contributed by atoms with van der Waals surface area (Å²) in [6.45, 7) is 4.31. The van der Waals surface area contributed by atoms with E-state index in [1.807, 2.05) is 11.8 Å². The highest BCUT2D eigenvalue weighted by Crippen LogP contribution is 2.51. The molecule has 0 aromatic carbocycles. The molecule has 0 radical (unpaired) electrons. The van der Waals surface area contributed by atoms with Crippen molar-refractivity contribution in [3.05, 3.63) is 12.2 Å². The largest absolute Gasteiger partial charge is 0.365 e. The highest BCUT2D eigenvalue weighted by atomic mass is 32.2. The van der Waals surface area contributed by atoms with Crippen LogP contribution in [0.5, 0.6) is 0 Å². The lowest BCUT2D eigenvalue weighted by atomic mass is 9.85. The second kappa shape index (κ2) is 2.64. The predicted molar refractivity (Wildman–Crippen MR) is 56.4 cm³/mol. The number of hydrogen-bond acceptors (Lipinski definition) is 3. The predicted octanol–water partition coefficient (Wildman–Crippen LogP) is 1.79. The van der Waals surface area contributed by atoms with Crippen molar-refractivity contribution in [2.75, 3.05) is 0 Å². The summed E-state index contributed by atoms with van der Waals surface area (Å²) in [6.07, 6.45) is 5.15. The molecule has 0 N–H and O–H groups in total. The van der Waals surface area contributed by atoms with Crippen molar-refractivity contribution in [1.29, 1.82) is 0 Å². The summed E-state index contributed by atoms with van der Waals surface area (Å²) in [4.78, 5) is 12.0. The van der Waals surface area contributed by atoms with Crippen molar-refractivity contribution in [3.8, 4) is 0 Å². The van der Waals surface area contributed by atoms with E-state index in [0.29, 0.717) is 17.5 Å². The van der Waals surface area contributed by atoms with Gasteiger partial charge in [0.1, 0.15) is 5.78 Å². The minimum Gasteiger partial charge on any atom is -0.365 e. The van der Waals surface area contributed by atoms with Gasteiger partial charge in [-0.25, -0.2) is 0 Å². The van der Waals surface area contributed by atoms with E-state index in [1.54, 1.807) is 0 Å². The number of Topliss-reactive ketones (excluding diaryl/α,β-unsaturated/α-hetero) is 1. The van der Waals surface area contributed by atoms with Crippen molar-refractivity contribution >= 4 is 17.5 Å². The molecule has 4 atom stereocenters. The van der Waals surface area contributed by atoms with Gasteiger partial charge in [-0.2, -0.15) is 0 Å². The fourth-order valence-electron chi connectivity index (χ4n) is 2.73. The van der Waals surface area contributed by atoms with Crippen molar-refractivity contribution < 1.29 is 9.53 Å². The third-order valence-corrected chi connectivity index (χ3v) is 4.88. The van der Waals surface area contributed by atoms with E-state index in [2.05, 4.69) is 26.0 Å². The molecule has 0 aromatic rings. The zero-order valence-corrected chi connectivity index (χ0v) is 9.21. The topological polar surface area (TPSA) is 26.3 Å². The lowest BCUT2D eigenvalue weighted by molar-refractivity contribution is -0.124. The van der Waals surface area contributed by atoms with Gasteiger partial charge < -0.3 is 4.74 Å². The van der Waals surface area contributed by atoms with E-state index >= 15 is 0 Å². The van der Waals surface area contributed by atoms with Crippen LogP contribution in [0.1, 0.15) is 20.3 Å². The lowest BCUT2D eigenvalue weighted by Crippen LogP contribution is -2.43. The maximum Gasteiger partial charge on any atom is 0.141 e. The first-order chi connectivity index (χ1) is 6.57. The van der Waals surface area contributed by atoms with Crippen LogP contribution in [0.2, 0.25) is 0 Å². The highest BCUT2D eigenvalue weighted by molar-refractivity contribution is 8.01. The number of hydrogen-bond donors (Lipinski definition) is 0. The Morgan fingerprint density at radius 3 is 2.93 bits per heavy atom. The summed E-state index contributed by atoms with van der Waals surface area (Å²) >= 11 is 1.93. The molecule has 0 spiro atoms. The highest BCUT2D eigenvalue weighted by Gasteiger charge is 2.54. The van der Waals surface area contributed by atoms with Crippen LogP contribution >= 0.6 is 11.8 Å². The Kier molecular flexibility index (Phi) is 1.69. The van der Waals surface area contributed by atoms with Gasteiger partial charge in [0.2, 0.25) is 0 Å². The molecule has 2 saturated heterocycles. The number of carbonyl (C=O) groups is 1. The number of fused-ring (bicyclic) bond motifs is 5. The van der Waals surface area contributed by atoms with E-state index in [-0.39, 0.29) is 22.9 Å². The Hall–Kier alpha value is -0.280. The standard InChI is InChI=1S/C11H14O2S/c1-11(2)5-6(12)9-7-3-4-8(13-7)10(9)14-11/h3-4,7-10H,5H2,1-2H3/t7-,8+,9+,10-/m0/s1. The van der Waals surface area contributed by atoms with Crippen LogP contribution in [-0.2, 0) is 9.53 Å². The normalized spacial score (nSPS) is 48.3. The minimum atomic E-state index is 0.0844. The van der Waals surface area contributed by atoms with Crippen molar-refractivity contribution in [2.45, 2.75) is 42.5 Å². The average molecular weight is 210 g/mol. The molecule has 2 fully saturated rings. The maximum absolute atomic E-state index is 12.0. The lowest BCUT2D eigenvalue weighted by Gasteiger charge is -2.38. The fourth-order valence-corrected chi connectivity index (χ4v) is 4.43. The quantitative estimate of drug-likeness (QED) is 0.570. The van der Waals surface area contributed by atoms with Crippen LogP contribution in [0.25, 0.3) is 0 Å². The molecule has 0 unspecified atom stereocenters. The Morgan fingerprint density at radius 1 is 1.43 bits per heavy atom. The van der Waals surface area contributed by atoms with Crippen LogP contribution in [0.15, 0.2) is 12.2 Å². The molecule has 2 nitrogen and oxygen atoms in total. The first-order valence-electron chi connectivity index (χ1n) is 5.11. The molecule has 3 rings (SSSR count). The van der Waals surface area contributed by atoms with E-state index in [1.165, 1.54) is 0 Å². The van der Waals surface area contributed by atoms with Crippen molar-refractivity contribution in [3.63, 3.8) is 0 Å². The van der Waals surface area contributed by atoms with Gasteiger partial charge in [-0.1, -0.05) is 26.0 Å². The Labute approximate surface area is 88.1 Å². The summed E-state index contributed by atoms with van der Waals surface area (Å²) in [6, 6.07) is 0. The van der Waals surface area contributed by atoms with Crippen LogP contribution < -0.4 is 0 Å². The van der Waals surface area contributed by atoms with E-state index in [0.717, 1.165) is 0 Å². The van der Waals surface area contributed by atoms with Gasteiger partial charge in [0.15, 0.2) is 0 Å². The molecule has 3 aliphatic heterocycles. The average Bonchev–Trinajstić information content (AvgIpc) is 2.59. The van der Waals surface area contributed by atoms with E-state index < -0.39 is 0 Å². The number of ketones is 1. The molecule has 3 aliphatic rings. The summed E-state index contributed by atoms with van der Waals surface area (Å²) in [5, 5.41) is 0.376. The summed E-state index contributed by atoms with van der Waals surface area (Å²) < 4.78 is 5.83. The molecule has 0 amide bonds. The Balaban J connectivity index is 1.95. The van der Waals surface area contributed by atoms with Crippen LogP contribution in [-0.4, -0.2) is 28.0 Å². The summed E-state index contributed by atoms with van der Waals surface area (Å²) in [5.41, 5.74) is 0. The number of thioether (sulfide) groups is 1. The molecule has 3 heterocycles. The molecule has 0 aromatic heterocycles. The van der Waals surface area contributed by atoms with Gasteiger partial charge in [-0.15, -0.1) is 11.8 Å². The van der Waals surface area contributed by atoms with Crippen LogP contribution in [0.4, 0.5) is 0 Å². The fraction of sp³-hybridized carbons (Fsp3) is 0.727. The second-order valence-corrected chi connectivity index (χ2v) is 6.85. The monoisotopic (exact) mass is 210 g/mol. The molecule has 0 saturated carbocycles. The van der Waals surface area contributed by atoms with Gasteiger partial charge in [0.25, 0.3) is 0 Å². The number of rotatable bonds is 0. The van der Waals surface area contributed by atoms with Gasteiger partial charge in [0, 0.05) is 16.4 Å². The molecule has 3 heteroatoms. The van der Waals surface area contributed by atoms with Crippen LogP contribution in [0.3, 0.4) is 0 Å². The molecule has 14 heavy (non-hydrogen) atoms. The first kappa shape index (κ1) is 8.98. The third kappa shape index (κ3) is 1.12. The zero-order chi connectivity index (χ0) is 9.92. The number of carbonyl (C=O) groups excluding carboxylic acids is 1. The van der Waals surface area contributed by atoms with Crippen molar-refractivity contribution in [2.24, 2.45) is 5.92 Å². The smallest absolute Gasteiger partial charge is 0.141 e. The Bertz CT molecular complexity index is 321. The van der Waals surface area contributed by atoms with Gasteiger partial charge >= 0.3 is 0 Å². The zero-order valence-electron chi connectivity index (χ0n) is 8.40. The molecular weight excluding hydrogens is 196 g/mol. The Morgan fingerprint density at radius 2 is 2.14 bits per heavy atom. The van der Waals surface area contributed by atoms with Gasteiger partial charge in [-0.05, 0) is 0 Å². The van der Waals surface area contributed by atoms with Crippen molar-refractivity contribution in [1.82, 2.24) is 0 Å². The summed E-state index contributed by atoms with van der Waals surface area (Å²) in [5.74, 6) is 0.540. The number of ether oxygens (including phenoxy) is 1. The van der Waals surface area contributed by atoms with Gasteiger partial charge in [0.05, 0.1) is 18.1 Å². The van der Waals surface area contributed by atoms with Gasteiger partial charge in [-0.3, -0.25) is 4.79 Å².